The normalized spacial score (nSPS) is 22.8. The third-order valence-electron chi connectivity index (χ3n) is 2.66. The lowest BCUT2D eigenvalue weighted by Gasteiger charge is -2.30. The zero-order chi connectivity index (χ0) is 10.7. The van der Waals surface area contributed by atoms with Gasteiger partial charge in [-0.1, -0.05) is 11.6 Å². The molecule has 3 nitrogen and oxygen atoms in total. The van der Waals surface area contributed by atoms with Crippen LogP contribution in [-0.2, 0) is 4.74 Å². The van der Waals surface area contributed by atoms with E-state index in [1.165, 1.54) is 11.3 Å². The molecule has 2 aliphatic rings. The van der Waals surface area contributed by atoms with Crippen LogP contribution in [0.4, 0.5) is 0 Å². The molecule has 15 heavy (non-hydrogen) atoms. The first-order valence-corrected chi connectivity index (χ1v) is 5.57. The van der Waals surface area contributed by atoms with Gasteiger partial charge in [0.25, 0.3) is 0 Å². The van der Waals surface area contributed by atoms with Gasteiger partial charge in [0.2, 0.25) is 0 Å². The van der Waals surface area contributed by atoms with Gasteiger partial charge in [0.05, 0.1) is 13.2 Å². The van der Waals surface area contributed by atoms with Gasteiger partial charge in [-0.3, -0.25) is 0 Å². The van der Waals surface area contributed by atoms with Gasteiger partial charge in [-0.05, 0) is 18.6 Å². The number of halogens is 1. The van der Waals surface area contributed by atoms with Crippen molar-refractivity contribution in [3.63, 3.8) is 0 Å². The highest BCUT2D eigenvalue weighted by Gasteiger charge is 2.15. The number of rotatable bonds is 1. The minimum Gasteiger partial charge on any atom is -0.378 e. The summed E-state index contributed by atoms with van der Waals surface area (Å²) in [6, 6.07) is 0. The molecule has 0 amide bonds. The van der Waals surface area contributed by atoms with Gasteiger partial charge in [-0.25, -0.2) is 4.99 Å². The molecular formula is C11H15ClN2O. The lowest BCUT2D eigenvalue weighted by atomic mass is 10.1. The average Bonchev–Trinajstić information content (AvgIpc) is 2.42. The van der Waals surface area contributed by atoms with Crippen molar-refractivity contribution in [2.24, 2.45) is 4.99 Å². The molecule has 2 rings (SSSR count). The molecule has 0 aromatic carbocycles. The Morgan fingerprint density at radius 2 is 2.13 bits per heavy atom. The van der Waals surface area contributed by atoms with E-state index in [0.29, 0.717) is 5.16 Å². The van der Waals surface area contributed by atoms with Crippen molar-refractivity contribution in [3.8, 4) is 0 Å². The molecule has 2 aliphatic heterocycles. The summed E-state index contributed by atoms with van der Waals surface area (Å²) in [4.78, 5) is 6.44. The molecule has 0 N–H and O–H groups in total. The third kappa shape index (κ3) is 2.61. The monoisotopic (exact) mass is 226 g/mol. The third-order valence-corrected chi connectivity index (χ3v) is 2.86. The molecule has 0 aliphatic carbocycles. The predicted molar refractivity (Wildman–Crippen MR) is 62.1 cm³/mol. The second-order valence-electron chi connectivity index (χ2n) is 3.75. The van der Waals surface area contributed by atoms with Crippen LogP contribution < -0.4 is 0 Å². The van der Waals surface area contributed by atoms with Crippen molar-refractivity contribution in [1.82, 2.24) is 4.90 Å². The van der Waals surface area contributed by atoms with Crippen molar-refractivity contribution in [2.75, 3.05) is 26.3 Å². The summed E-state index contributed by atoms with van der Waals surface area (Å²) in [5.41, 5.74) is 2.53. The lowest BCUT2D eigenvalue weighted by Crippen LogP contribution is -2.35. The van der Waals surface area contributed by atoms with E-state index < -0.39 is 0 Å². The molecule has 4 heteroatoms. The Labute approximate surface area is 95.1 Å². The SMILES string of the molecule is CC1=C(N2CCOCC2)C=C(Cl)N=CC1. The molecule has 0 aromatic rings. The fourth-order valence-electron chi connectivity index (χ4n) is 1.81. The Kier molecular flexibility index (Phi) is 3.44. The number of morpholine rings is 1. The van der Waals surface area contributed by atoms with Gasteiger partial charge >= 0.3 is 0 Å². The van der Waals surface area contributed by atoms with Crippen LogP contribution in [0, 0.1) is 0 Å². The van der Waals surface area contributed by atoms with Crippen LogP contribution in [-0.4, -0.2) is 37.4 Å². The number of nitrogens with zero attached hydrogens (tertiary/aromatic N) is 2. The molecule has 0 aromatic heterocycles. The lowest BCUT2D eigenvalue weighted by molar-refractivity contribution is 0.0549. The summed E-state index contributed by atoms with van der Waals surface area (Å²) in [7, 11) is 0. The second kappa shape index (κ2) is 4.81. The second-order valence-corrected chi connectivity index (χ2v) is 4.14. The largest absolute Gasteiger partial charge is 0.378 e. The molecule has 1 fully saturated rings. The molecule has 1 saturated heterocycles. The topological polar surface area (TPSA) is 24.8 Å². The molecule has 2 heterocycles. The van der Waals surface area contributed by atoms with E-state index >= 15 is 0 Å². The van der Waals surface area contributed by atoms with Crippen LogP contribution in [0.15, 0.2) is 27.5 Å². The van der Waals surface area contributed by atoms with Crippen LogP contribution in [0.1, 0.15) is 13.3 Å². The first-order valence-electron chi connectivity index (χ1n) is 5.19. The zero-order valence-corrected chi connectivity index (χ0v) is 9.63. The summed E-state index contributed by atoms with van der Waals surface area (Å²) in [6.45, 7) is 5.59. The maximum absolute atomic E-state index is 5.97. The summed E-state index contributed by atoms with van der Waals surface area (Å²) < 4.78 is 5.33. The average molecular weight is 227 g/mol. The molecule has 0 radical (unpaired) electrons. The molecule has 0 spiro atoms. The Hall–Kier alpha value is -0.800. The van der Waals surface area contributed by atoms with E-state index in [4.69, 9.17) is 16.3 Å². The molecule has 0 saturated carbocycles. The number of allylic oxidation sites excluding steroid dienone is 2. The van der Waals surface area contributed by atoms with Crippen molar-refractivity contribution in [2.45, 2.75) is 13.3 Å². The van der Waals surface area contributed by atoms with Gasteiger partial charge < -0.3 is 9.64 Å². The van der Waals surface area contributed by atoms with Crippen molar-refractivity contribution in [3.05, 3.63) is 22.5 Å². The zero-order valence-electron chi connectivity index (χ0n) is 8.87. The van der Waals surface area contributed by atoms with Crippen LogP contribution in [0.3, 0.4) is 0 Å². The highest BCUT2D eigenvalue weighted by molar-refractivity contribution is 6.30. The number of hydrogen-bond acceptors (Lipinski definition) is 3. The van der Waals surface area contributed by atoms with Crippen LogP contribution in [0.2, 0.25) is 0 Å². The number of ether oxygens (including phenoxy) is 1. The molecular weight excluding hydrogens is 212 g/mol. The highest BCUT2D eigenvalue weighted by atomic mass is 35.5. The molecule has 0 atom stereocenters. The maximum Gasteiger partial charge on any atom is 0.130 e. The van der Waals surface area contributed by atoms with Crippen molar-refractivity contribution in [1.29, 1.82) is 0 Å². The quantitative estimate of drug-likeness (QED) is 0.640. The van der Waals surface area contributed by atoms with Crippen molar-refractivity contribution >= 4 is 17.8 Å². The van der Waals surface area contributed by atoms with Gasteiger partial charge in [-0.15, -0.1) is 0 Å². The van der Waals surface area contributed by atoms with Crippen molar-refractivity contribution < 1.29 is 4.74 Å². The summed E-state index contributed by atoms with van der Waals surface area (Å²) in [6.07, 6.45) is 4.69. The van der Waals surface area contributed by atoms with E-state index in [-0.39, 0.29) is 0 Å². The molecule has 0 bridgehead atoms. The fourth-order valence-corrected chi connectivity index (χ4v) is 1.99. The van der Waals surface area contributed by atoms with Gasteiger partial charge in [-0.2, -0.15) is 0 Å². The standard InChI is InChI=1S/C11H15ClN2O/c1-9-2-3-13-11(12)8-10(9)14-4-6-15-7-5-14/h3,8H,2,4-7H2,1H3. The number of aliphatic imine (C=N–C) groups is 1. The Bertz CT molecular complexity index is 327. The van der Waals surface area contributed by atoms with Crippen LogP contribution in [0.5, 0.6) is 0 Å². The maximum atomic E-state index is 5.97. The Balaban J connectivity index is 2.21. The van der Waals surface area contributed by atoms with E-state index in [9.17, 15) is 0 Å². The molecule has 82 valence electrons. The first-order chi connectivity index (χ1) is 7.27. The van der Waals surface area contributed by atoms with Gasteiger partial charge in [0, 0.05) is 31.4 Å². The Morgan fingerprint density at radius 3 is 2.87 bits per heavy atom. The van der Waals surface area contributed by atoms with Crippen LogP contribution in [0.25, 0.3) is 0 Å². The summed E-state index contributed by atoms with van der Waals surface area (Å²) >= 11 is 5.97. The first kappa shape index (κ1) is 10.7. The van der Waals surface area contributed by atoms with E-state index in [1.807, 2.05) is 12.3 Å². The Morgan fingerprint density at radius 1 is 1.40 bits per heavy atom. The van der Waals surface area contributed by atoms with E-state index in [1.54, 1.807) is 0 Å². The minimum absolute atomic E-state index is 0.563. The van der Waals surface area contributed by atoms with Crippen LogP contribution >= 0.6 is 11.6 Å². The van der Waals surface area contributed by atoms with E-state index in [2.05, 4.69) is 16.8 Å². The molecule has 0 unspecified atom stereocenters. The fraction of sp³-hybridized carbons (Fsp3) is 0.545. The van der Waals surface area contributed by atoms with E-state index in [0.717, 1.165) is 32.7 Å². The highest BCUT2D eigenvalue weighted by Crippen LogP contribution is 2.21. The van der Waals surface area contributed by atoms with Gasteiger partial charge in [0.15, 0.2) is 0 Å². The number of hydrogen-bond donors (Lipinski definition) is 0. The summed E-state index contributed by atoms with van der Waals surface area (Å²) in [5, 5.41) is 0.563. The summed E-state index contributed by atoms with van der Waals surface area (Å²) in [5.74, 6) is 0. The van der Waals surface area contributed by atoms with Gasteiger partial charge in [0.1, 0.15) is 5.16 Å². The predicted octanol–water partition coefficient (Wildman–Crippen LogP) is 2.15. The minimum atomic E-state index is 0.563. The smallest absolute Gasteiger partial charge is 0.130 e.